The quantitative estimate of drug-likeness (QED) is 0.748. The van der Waals surface area contributed by atoms with Crippen molar-refractivity contribution in [2.75, 3.05) is 7.11 Å². The summed E-state index contributed by atoms with van der Waals surface area (Å²) in [5.41, 5.74) is 0. The molecule has 2 unspecified atom stereocenters. The van der Waals surface area contributed by atoms with Crippen molar-refractivity contribution in [1.29, 1.82) is 0 Å². The number of ether oxygens (including phenoxy) is 1. The second-order valence-electron chi connectivity index (χ2n) is 4.36. The summed E-state index contributed by atoms with van der Waals surface area (Å²) >= 11 is 0. The molecule has 7 heteroatoms. The Labute approximate surface area is 106 Å². The van der Waals surface area contributed by atoms with Gasteiger partial charge in [-0.3, -0.25) is 4.79 Å². The van der Waals surface area contributed by atoms with Crippen molar-refractivity contribution in [3.8, 4) is 0 Å². The number of hydrogen-bond donors (Lipinski definition) is 1. The zero-order chi connectivity index (χ0) is 13.5. The van der Waals surface area contributed by atoms with Gasteiger partial charge in [-0.15, -0.1) is 5.10 Å². The minimum atomic E-state index is -0.891. The average Bonchev–Trinajstić information content (AvgIpc) is 2.76. The summed E-state index contributed by atoms with van der Waals surface area (Å²) in [4.78, 5) is 10.7. The maximum Gasteiger partial charge on any atom is 0.306 e. The third-order valence-corrected chi connectivity index (χ3v) is 2.83. The number of aromatic nitrogens is 4. The number of rotatable bonds is 8. The van der Waals surface area contributed by atoms with Crippen molar-refractivity contribution in [2.24, 2.45) is 0 Å². The molecule has 7 nitrogen and oxygen atoms in total. The summed E-state index contributed by atoms with van der Waals surface area (Å²) in [5, 5.41) is 20.3. The van der Waals surface area contributed by atoms with Crippen LogP contribution in [0.25, 0.3) is 0 Å². The van der Waals surface area contributed by atoms with Gasteiger partial charge in [0.2, 0.25) is 0 Å². The van der Waals surface area contributed by atoms with Crippen molar-refractivity contribution in [1.82, 2.24) is 20.2 Å². The molecule has 0 radical (unpaired) electrons. The topological polar surface area (TPSA) is 90.1 Å². The van der Waals surface area contributed by atoms with Crippen LogP contribution in [-0.2, 0) is 16.1 Å². The van der Waals surface area contributed by atoms with E-state index in [-0.39, 0.29) is 12.3 Å². The molecular formula is C11H20N4O3. The Hall–Kier alpha value is -1.50. The molecule has 18 heavy (non-hydrogen) atoms. The Morgan fingerprint density at radius 1 is 1.56 bits per heavy atom. The largest absolute Gasteiger partial charge is 0.481 e. The van der Waals surface area contributed by atoms with Crippen molar-refractivity contribution in [2.45, 2.75) is 51.7 Å². The second kappa shape index (κ2) is 7.05. The zero-order valence-corrected chi connectivity index (χ0v) is 11.0. The molecule has 2 atom stereocenters. The fourth-order valence-electron chi connectivity index (χ4n) is 1.87. The van der Waals surface area contributed by atoms with E-state index in [4.69, 9.17) is 9.84 Å². The lowest BCUT2D eigenvalue weighted by Gasteiger charge is -2.15. The molecule has 1 aromatic heterocycles. The Morgan fingerprint density at radius 3 is 2.83 bits per heavy atom. The standard InChI is InChI=1S/C11H20N4O3/c1-4-5-8(2)11-12-13-14-15(11)7-9(18-3)6-10(16)17/h8-9H,4-7H2,1-3H3,(H,16,17). The van der Waals surface area contributed by atoms with Crippen LogP contribution in [0.1, 0.15) is 44.9 Å². The molecule has 1 aromatic rings. The Morgan fingerprint density at radius 2 is 2.28 bits per heavy atom. The van der Waals surface area contributed by atoms with E-state index in [0.717, 1.165) is 18.7 Å². The van der Waals surface area contributed by atoms with Crippen LogP contribution in [0.4, 0.5) is 0 Å². The van der Waals surface area contributed by atoms with Gasteiger partial charge in [0.15, 0.2) is 5.82 Å². The maximum absolute atomic E-state index is 10.7. The van der Waals surface area contributed by atoms with E-state index in [2.05, 4.69) is 29.4 Å². The van der Waals surface area contributed by atoms with Gasteiger partial charge in [-0.25, -0.2) is 4.68 Å². The van der Waals surface area contributed by atoms with Crippen LogP contribution in [-0.4, -0.2) is 44.5 Å². The maximum atomic E-state index is 10.7. The highest BCUT2D eigenvalue weighted by Gasteiger charge is 2.19. The Bertz CT molecular complexity index is 380. The van der Waals surface area contributed by atoms with Crippen molar-refractivity contribution < 1.29 is 14.6 Å². The number of tetrazole rings is 1. The Kier molecular flexibility index (Phi) is 5.70. The monoisotopic (exact) mass is 256 g/mol. The molecule has 1 rings (SSSR count). The summed E-state index contributed by atoms with van der Waals surface area (Å²) < 4.78 is 6.77. The highest BCUT2D eigenvalue weighted by Crippen LogP contribution is 2.17. The Balaban J connectivity index is 2.71. The number of hydrogen-bond acceptors (Lipinski definition) is 5. The minimum Gasteiger partial charge on any atom is -0.481 e. The first-order chi connectivity index (χ1) is 8.58. The van der Waals surface area contributed by atoms with Gasteiger partial charge in [-0.2, -0.15) is 0 Å². The lowest BCUT2D eigenvalue weighted by molar-refractivity contribution is -0.140. The van der Waals surface area contributed by atoms with E-state index in [1.807, 2.05) is 0 Å². The molecule has 0 bridgehead atoms. The van der Waals surface area contributed by atoms with E-state index < -0.39 is 12.1 Å². The van der Waals surface area contributed by atoms with E-state index in [1.54, 1.807) is 4.68 Å². The van der Waals surface area contributed by atoms with Gasteiger partial charge < -0.3 is 9.84 Å². The highest BCUT2D eigenvalue weighted by molar-refractivity contribution is 5.67. The van der Waals surface area contributed by atoms with Crippen LogP contribution >= 0.6 is 0 Å². The summed E-state index contributed by atoms with van der Waals surface area (Å²) in [6, 6.07) is 0. The SMILES string of the molecule is CCCC(C)c1nnnn1CC(CC(=O)O)OC. The molecule has 1 heterocycles. The minimum absolute atomic E-state index is 0.0576. The molecule has 0 saturated carbocycles. The smallest absolute Gasteiger partial charge is 0.306 e. The molecule has 102 valence electrons. The number of carbonyl (C=O) groups is 1. The van der Waals surface area contributed by atoms with Gasteiger partial charge in [-0.05, 0) is 16.8 Å². The molecule has 0 aliphatic carbocycles. The fraction of sp³-hybridized carbons (Fsp3) is 0.818. The molecule has 0 fully saturated rings. The molecule has 0 aromatic carbocycles. The summed E-state index contributed by atoms with van der Waals surface area (Å²) in [5.74, 6) is 0.148. The normalized spacial score (nSPS) is 14.4. The molecule has 0 aliphatic rings. The van der Waals surface area contributed by atoms with Crippen LogP contribution in [0.5, 0.6) is 0 Å². The van der Waals surface area contributed by atoms with E-state index in [9.17, 15) is 4.79 Å². The van der Waals surface area contributed by atoms with Gasteiger partial charge in [0.25, 0.3) is 0 Å². The van der Waals surface area contributed by atoms with Crippen LogP contribution in [0.2, 0.25) is 0 Å². The third kappa shape index (κ3) is 4.06. The van der Waals surface area contributed by atoms with Gasteiger partial charge >= 0.3 is 5.97 Å². The van der Waals surface area contributed by atoms with Crippen molar-refractivity contribution in [3.63, 3.8) is 0 Å². The first-order valence-corrected chi connectivity index (χ1v) is 6.09. The highest BCUT2D eigenvalue weighted by atomic mass is 16.5. The fourth-order valence-corrected chi connectivity index (χ4v) is 1.87. The summed E-state index contributed by atoms with van der Waals surface area (Å²) in [6.45, 7) is 4.52. The van der Waals surface area contributed by atoms with Gasteiger partial charge in [0.05, 0.1) is 19.1 Å². The van der Waals surface area contributed by atoms with Crippen LogP contribution in [0.3, 0.4) is 0 Å². The van der Waals surface area contributed by atoms with Crippen molar-refractivity contribution >= 4 is 5.97 Å². The molecule has 0 amide bonds. The summed E-state index contributed by atoms with van der Waals surface area (Å²) in [7, 11) is 1.49. The number of aliphatic carboxylic acids is 1. The molecule has 0 saturated heterocycles. The average molecular weight is 256 g/mol. The first kappa shape index (κ1) is 14.6. The van der Waals surface area contributed by atoms with Crippen LogP contribution in [0.15, 0.2) is 0 Å². The van der Waals surface area contributed by atoms with Gasteiger partial charge in [-0.1, -0.05) is 20.3 Å². The number of carboxylic acid groups (broad SMARTS) is 1. The number of methoxy groups -OCH3 is 1. The number of nitrogens with zero attached hydrogens (tertiary/aromatic N) is 4. The molecule has 0 spiro atoms. The molecule has 1 N–H and O–H groups in total. The molecular weight excluding hydrogens is 236 g/mol. The lowest BCUT2D eigenvalue weighted by atomic mass is 10.1. The third-order valence-electron chi connectivity index (χ3n) is 2.83. The first-order valence-electron chi connectivity index (χ1n) is 6.09. The number of carboxylic acids is 1. The van der Waals surface area contributed by atoms with E-state index in [0.29, 0.717) is 6.54 Å². The van der Waals surface area contributed by atoms with Crippen molar-refractivity contribution in [3.05, 3.63) is 5.82 Å². The van der Waals surface area contributed by atoms with E-state index in [1.165, 1.54) is 7.11 Å². The lowest BCUT2D eigenvalue weighted by Crippen LogP contribution is -2.24. The van der Waals surface area contributed by atoms with Gasteiger partial charge in [0, 0.05) is 13.0 Å². The van der Waals surface area contributed by atoms with Crippen LogP contribution in [0, 0.1) is 0 Å². The predicted molar refractivity (Wildman–Crippen MR) is 64.2 cm³/mol. The predicted octanol–water partition coefficient (Wildman–Crippen LogP) is 1.07. The second-order valence-corrected chi connectivity index (χ2v) is 4.36. The molecule has 0 aliphatic heterocycles. The summed E-state index contributed by atoms with van der Waals surface area (Å²) in [6.07, 6.45) is 1.57. The van der Waals surface area contributed by atoms with E-state index >= 15 is 0 Å². The van der Waals surface area contributed by atoms with Gasteiger partial charge in [0.1, 0.15) is 0 Å². The van der Waals surface area contributed by atoms with Crippen LogP contribution < -0.4 is 0 Å². The zero-order valence-electron chi connectivity index (χ0n) is 11.0.